The third kappa shape index (κ3) is 1.75. The van der Waals surface area contributed by atoms with Gasteiger partial charge in [0.1, 0.15) is 5.44 Å². The Balaban J connectivity index is 2.32. The minimum atomic E-state index is -1.03. The molecule has 1 aromatic carbocycles. The predicted molar refractivity (Wildman–Crippen MR) is 71.2 cm³/mol. The van der Waals surface area contributed by atoms with Gasteiger partial charge in [0.2, 0.25) is 0 Å². The third-order valence-corrected chi connectivity index (χ3v) is 4.36. The fraction of sp³-hybridized carbons (Fsp3) is 0.231. The lowest BCUT2D eigenvalue weighted by atomic mass is 10.1. The summed E-state index contributed by atoms with van der Waals surface area (Å²) < 4.78 is 7.04. The second-order valence-corrected chi connectivity index (χ2v) is 5.32. The van der Waals surface area contributed by atoms with E-state index in [2.05, 4.69) is 5.10 Å². The predicted octanol–water partition coefficient (Wildman–Crippen LogP) is 2.54. The van der Waals surface area contributed by atoms with E-state index in [9.17, 15) is 9.90 Å². The number of benzene rings is 1. The van der Waals surface area contributed by atoms with Crippen LogP contribution in [0.2, 0.25) is 0 Å². The van der Waals surface area contributed by atoms with Gasteiger partial charge in [0.15, 0.2) is 5.69 Å². The minimum Gasteiger partial charge on any atom is -0.476 e. The van der Waals surface area contributed by atoms with Gasteiger partial charge in [-0.1, -0.05) is 30.0 Å². The molecule has 19 heavy (non-hydrogen) atoms. The number of nitrogens with zero attached hydrogens (tertiary/aromatic N) is 2. The molecule has 3 rings (SSSR count). The minimum absolute atomic E-state index is 0.0614. The third-order valence-electron chi connectivity index (χ3n) is 3.11. The molecule has 1 N–H and O–H groups in total. The lowest BCUT2D eigenvalue weighted by Crippen LogP contribution is -2.09. The first kappa shape index (κ1) is 12.3. The number of fused-ring (bicyclic) bond motifs is 3. The number of aromatic nitrogens is 2. The Morgan fingerprint density at radius 1 is 1.47 bits per heavy atom. The first-order valence-corrected chi connectivity index (χ1v) is 6.60. The van der Waals surface area contributed by atoms with Crippen LogP contribution < -0.4 is 0 Å². The van der Waals surface area contributed by atoms with Gasteiger partial charge in [-0.3, -0.25) is 4.68 Å². The van der Waals surface area contributed by atoms with Crippen LogP contribution in [0.25, 0.3) is 11.3 Å². The lowest BCUT2D eigenvalue weighted by molar-refractivity contribution is 0.0684. The molecule has 98 valence electrons. The van der Waals surface area contributed by atoms with E-state index in [4.69, 9.17) is 4.74 Å². The summed E-state index contributed by atoms with van der Waals surface area (Å²) >= 11 is 1.51. The van der Waals surface area contributed by atoms with Gasteiger partial charge in [-0.05, 0) is 6.07 Å². The summed E-state index contributed by atoms with van der Waals surface area (Å²) in [6.07, 6.45) is 0. The number of methoxy groups -OCH3 is 1. The molecule has 1 aliphatic rings. The lowest BCUT2D eigenvalue weighted by Gasteiger charge is -2.23. The zero-order valence-electron chi connectivity index (χ0n) is 10.5. The van der Waals surface area contributed by atoms with Crippen LogP contribution in [0.1, 0.15) is 21.5 Å². The Kier molecular flexibility index (Phi) is 2.83. The first-order valence-electron chi connectivity index (χ1n) is 5.72. The molecule has 0 bridgehead atoms. The van der Waals surface area contributed by atoms with Gasteiger partial charge in [-0.25, -0.2) is 4.79 Å². The Labute approximate surface area is 114 Å². The largest absolute Gasteiger partial charge is 0.476 e. The van der Waals surface area contributed by atoms with Crippen molar-refractivity contribution in [3.63, 3.8) is 0 Å². The molecule has 2 aromatic rings. The van der Waals surface area contributed by atoms with E-state index in [1.807, 2.05) is 24.3 Å². The van der Waals surface area contributed by atoms with Crippen LogP contribution in [0, 0.1) is 0 Å². The van der Waals surface area contributed by atoms with Crippen molar-refractivity contribution in [1.29, 1.82) is 0 Å². The van der Waals surface area contributed by atoms with Crippen molar-refractivity contribution in [3.05, 3.63) is 35.5 Å². The Hall–Kier alpha value is -1.79. The highest BCUT2D eigenvalue weighted by molar-refractivity contribution is 7.99. The number of carbonyl (C=O) groups is 1. The fourth-order valence-electron chi connectivity index (χ4n) is 2.35. The molecular weight excluding hydrogens is 264 g/mol. The molecule has 1 unspecified atom stereocenters. The van der Waals surface area contributed by atoms with E-state index in [0.717, 1.165) is 16.2 Å². The summed E-state index contributed by atoms with van der Waals surface area (Å²) in [7, 11) is 3.33. The van der Waals surface area contributed by atoms with Crippen molar-refractivity contribution in [2.75, 3.05) is 7.11 Å². The molecule has 0 amide bonds. The summed E-state index contributed by atoms with van der Waals surface area (Å²) in [6, 6.07) is 7.87. The van der Waals surface area contributed by atoms with Crippen LogP contribution in [0.5, 0.6) is 0 Å². The number of carboxylic acid groups (broad SMARTS) is 1. The maximum atomic E-state index is 11.3. The van der Waals surface area contributed by atoms with E-state index < -0.39 is 5.97 Å². The zero-order valence-corrected chi connectivity index (χ0v) is 11.3. The molecule has 1 aliphatic heterocycles. The summed E-state index contributed by atoms with van der Waals surface area (Å²) in [6.45, 7) is 0. The number of ether oxygens (including phenoxy) is 1. The molecule has 2 heterocycles. The van der Waals surface area contributed by atoms with E-state index in [-0.39, 0.29) is 11.1 Å². The maximum absolute atomic E-state index is 11.3. The molecule has 0 saturated carbocycles. The Bertz CT molecular complexity index is 666. The molecule has 1 aromatic heterocycles. The highest BCUT2D eigenvalue weighted by Gasteiger charge is 2.34. The van der Waals surface area contributed by atoms with Crippen molar-refractivity contribution in [2.24, 2.45) is 7.05 Å². The second-order valence-electron chi connectivity index (χ2n) is 4.22. The van der Waals surface area contributed by atoms with Gasteiger partial charge in [-0.2, -0.15) is 5.10 Å². The van der Waals surface area contributed by atoms with Crippen LogP contribution in [0.4, 0.5) is 0 Å². The quantitative estimate of drug-likeness (QED) is 0.913. The summed E-state index contributed by atoms with van der Waals surface area (Å²) in [5.41, 5.74) is 2.18. The van der Waals surface area contributed by atoms with Crippen LogP contribution in [0.3, 0.4) is 0 Å². The van der Waals surface area contributed by atoms with Gasteiger partial charge in [0.25, 0.3) is 0 Å². The van der Waals surface area contributed by atoms with Crippen molar-refractivity contribution in [3.8, 4) is 11.3 Å². The van der Waals surface area contributed by atoms with Crippen LogP contribution in [-0.4, -0.2) is 28.0 Å². The molecule has 0 radical (unpaired) electrons. The van der Waals surface area contributed by atoms with Crippen molar-refractivity contribution < 1.29 is 14.6 Å². The van der Waals surface area contributed by atoms with E-state index in [0.29, 0.717) is 5.56 Å². The van der Waals surface area contributed by atoms with Crippen molar-refractivity contribution >= 4 is 17.7 Å². The topological polar surface area (TPSA) is 64.3 Å². The second kappa shape index (κ2) is 4.40. The molecule has 1 atom stereocenters. The summed E-state index contributed by atoms with van der Waals surface area (Å²) in [5, 5.41) is 13.4. The molecule has 6 heteroatoms. The van der Waals surface area contributed by atoms with Gasteiger partial charge in [0.05, 0.1) is 11.3 Å². The SMILES string of the molecule is COC1Sc2ccccc2-c2c1c(C(=O)O)nn2C. The van der Waals surface area contributed by atoms with Gasteiger partial charge in [0, 0.05) is 24.6 Å². The van der Waals surface area contributed by atoms with Gasteiger partial charge >= 0.3 is 5.97 Å². The number of aromatic carboxylic acids is 1. The molecule has 0 saturated heterocycles. The monoisotopic (exact) mass is 276 g/mol. The van der Waals surface area contributed by atoms with Crippen LogP contribution in [-0.2, 0) is 11.8 Å². The van der Waals surface area contributed by atoms with Crippen LogP contribution in [0.15, 0.2) is 29.2 Å². The molecule has 0 spiro atoms. The number of hydrogen-bond donors (Lipinski definition) is 1. The highest BCUT2D eigenvalue weighted by Crippen LogP contribution is 2.50. The first-order chi connectivity index (χ1) is 9.13. The number of thioether (sulfide) groups is 1. The maximum Gasteiger partial charge on any atom is 0.356 e. The normalized spacial score (nSPS) is 16.8. The number of hydrogen-bond acceptors (Lipinski definition) is 4. The van der Waals surface area contributed by atoms with E-state index in [1.54, 1.807) is 18.8 Å². The highest BCUT2D eigenvalue weighted by atomic mass is 32.2. The Morgan fingerprint density at radius 2 is 2.21 bits per heavy atom. The summed E-state index contributed by atoms with van der Waals surface area (Å²) in [5.74, 6) is -1.03. The average molecular weight is 276 g/mol. The zero-order chi connectivity index (χ0) is 13.6. The van der Waals surface area contributed by atoms with Crippen molar-refractivity contribution in [2.45, 2.75) is 10.3 Å². The van der Waals surface area contributed by atoms with Gasteiger partial charge < -0.3 is 9.84 Å². The standard InChI is InChI=1S/C13H12N2O3S/c1-15-11-7-5-3-4-6-8(7)19-13(18-2)9(11)10(14-15)12(16)17/h3-6,13H,1-2H3,(H,16,17). The van der Waals surface area contributed by atoms with E-state index in [1.165, 1.54) is 11.8 Å². The van der Waals surface area contributed by atoms with E-state index >= 15 is 0 Å². The molecule has 5 nitrogen and oxygen atoms in total. The number of rotatable bonds is 2. The van der Waals surface area contributed by atoms with Gasteiger partial charge in [-0.15, -0.1) is 0 Å². The Morgan fingerprint density at radius 3 is 2.89 bits per heavy atom. The molecule has 0 fully saturated rings. The fourth-order valence-corrected chi connectivity index (χ4v) is 3.46. The smallest absolute Gasteiger partial charge is 0.356 e. The van der Waals surface area contributed by atoms with Crippen molar-refractivity contribution in [1.82, 2.24) is 9.78 Å². The average Bonchev–Trinajstić information content (AvgIpc) is 2.76. The molecular formula is C13H12N2O3S. The molecule has 0 aliphatic carbocycles. The number of aryl methyl sites for hydroxylation is 1. The van der Waals surface area contributed by atoms with Crippen LogP contribution >= 0.6 is 11.8 Å². The summed E-state index contributed by atoms with van der Waals surface area (Å²) in [4.78, 5) is 12.4. The number of carboxylic acids is 1.